The van der Waals surface area contributed by atoms with Gasteiger partial charge in [-0.05, 0) is 15.9 Å². The van der Waals surface area contributed by atoms with E-state index in [4.69, 9.17) is 10.2 Å². The van der Waals surface area contributed by atoms with E-state index in [0.29, 0.717) is 11.6 Å². The van der Waals surface area contributed by atoms with E-state index in [-0.39, 0.29) is 0 Å². The molecule has 0 unspecified atom stereocenters. The second kappa shape index (κ2) is 4.83. The maximum Gasteiger partial charge on any atom is 0.332 e. The van der Waals surface area contributed by atoms with E-state index in [9.17, 15) is 4.79 Å². The topological polar surface area (TPSA) is 83.9 Å². The Kier molecular flexibility index (Phi) is 3.73. The molecule has 0 saturated heterocycles. The monoisotopic (exact) mass is 274 g/mol. The number of nitrogens with zero attached hydrogens (tertiary/aromatic N) is 2. The molecular weight excluding hydrogens is 264 g/mol. The quantitative estimate of drug-likeness (QED) is 0.640. The van der Waals surface area contributed by atoms with Crippen molar-refractivity contribution in [1.29, 1.82) is 0 Å². The summed E-state index contributed by atoms with van der Waals surface area (Å²) < 4.78 is 6.21. The van der Waals surface area contributed by atoms with Gasteiger partial charge in [0.05, 0.1) is 10.7 Å². The van der Waals surface area contributed by atoms with E-state index in [1.165, 1.54) is 6.21 Å². The summed E-state index contributed by atoms with van der Waals surface area (Å²) in [5.74, 6) is 1.19. The molecule has 1 rings (SSSR count). The lowest BCUT2D eigenvalue weighted by molar-refractivity contribution is 0.249. The summed E-state index contributed by atoms with van der Waals surface area (Å²) in [6.45, 7) is 0. The van der Waals surface area contributed by atoms with E-state index in [2.05, 4.69) is 26.5 Å². The minimum absolute atomic E-state index is 0.513. The van der Waals surface area contributed by atoms with Crippen molar-refractivity contribution in [3.8, 4) is 0 Å². The van der Waals surface area contributed by atoms with Gasteiger partial charge in [-0.15, -0.1) is 0 Å². The molecule has 1 aromatic heterocycles. The summed E-state index contributed by atoms with van der Waals surface area (Å²) in [4.78, 5) is 12.1. The Morgan fingerprint density at radius 3 is 2.87 bits per heavy atom. The van der Waals surface area contributed by atoms with Crippen LogP contribution in [0.5, 0.6) is 0 Å². The van der Waals surface area contributed by atoms with Gasteiger partial charge in [0.25, 0.3) is 0 Å². The fourth-order valence-corrected chi connectivity index (χ4v) is 1.57. The van der Waals surface area contributed by atoms with Crippen LogP contribution in [0.3, 0.4) is 0 Å². The van der Waals surface area contributed by atoms with E-state index in [1.54, 1.807) is 6.07 Å². The number of rotatable bonds is 3. The van der Waals surface area contributed by atoms with E-state index < -0.39 is 6.03 Å². The van der Waals surface area contributed by atoms with Crippen molar-refractivity contribution in [2.24, 2.45) is 10.8 Å². The van der Waals surface area contributed by atoms with Gasteiger partial charge in [0.1, 0.15) is 0 Å². The lowest BCUT2D eigenvalue weighted by Gasteiger charge is -2.07. The standard InChI is InChI=1S/C8H11BrN4O2/c1-13(2)7-6(9)3-5(15-7)4-11-12-8(10)14/h3-4H,1-2H3,(H3,10,12,14). The zero-order valence-corrected chi connectivity index (χ0v) is 9.91. The second-order valence-corrected chi connectivity index (χ2v) is 3.78. The first-order chi connectivity index (χ1) is 7.00. The fourth-order valence-electron chi connectivity index (χ4n) is 0.905. The first kappa shape index (κ1) is 11.6. The first-order valence-electron chi connectivity index (χ1n) is 4.06. The van der Waals surface area contributed by atoms with Crippen LogP contribution in [0, 0.1) is 0 Å². The molecule has 1 heterocycles. The van der Waals surface area contributed by atoms with Crippen LogP contribution in [0.4, 0.5) is 10.7 Å². The van der Waals surface area contributed by atoms with Crippen LogP contribution in [0.15, 0.2) is 20.1 Å². The fraction of sp³-hybridized carbons (Fsp3) is 0.250. The molecule has 82 valence electrons. The van der Waals surface area contributed by atoms with Gasteiger partial charge in [0.2, 0.25) is 5.88 Å². The Bertz CT molecular complexity index is 386. The number of primary amides is 1. The molecule has 0 radical (unpaired) electrons. The number of nitrogens with one attached hydrogen (secondary N) is 1. The normalized spacial score (nSPS) is 10.6. The number of amides is 2. The number of hydrogen-bond acceptors (Lipinski definition) is 4. The van der Waals surface area contributed by atoms with Crippen LogP contribution < -0.4 is 16.1 Å². The Labute approximate surface area is 95.2 Å². The van der Waals surface area contributed by atoms with Crippen molar-refractivity contribution in [1.82, 2.24) is 5.43 Å². The number of halogens is 1. The molecule has 6 nitrogen and oxygen atoms in total. The predicted molar refractivity (Wildman–Crippen MR) is 61.0 cm³/mol. The molecule has 0 fully saturated rings. The van der Waals surface area contributed by atoms with Gasteiger partial charge in [-0.2, -0.15) is 5.10 Å². The molecule has 15 heavy (non-hydrogen) atoms. The average molecular weight is 275 g/mol. The molecule has 0 atom stereocenters. The Balaban J connectivity index is 2.75. The number of hydrazone groups is 1. The molecule has 1 aromatic rings. The van der Waals surface area contributed by atoms with Gasteiger partial charge < -0.3 is 15.1 Å². The molecule has 0 aliphatic carbocycles. The number of anilines is 1. The summed E-state index contributed by atoms with van der Waals surface area (Å²) in [6, 6.07) is 1.02. The molecule has 0 saturated carbocycles. The molecule has 7 heteroatoms. The summed E-state index contributed by atoms with van der Waals surface area (Å²) >= 11 is 3.33. The number of hydrogen-bond donors (Lipinski definition) is 2. The van der Waals surface area contributed by atoms with Crippen LogP contribution in [0.1, 0.15) is 5.76 Å². The molecule has 2 amide bonds. The summed E-state index contributed by atoms with van der Waals surface area (Å²) in [5.41, 5.74) is 6.90. The highest BCUT2D eigenvalue weighted by Gasteiger charge is 2.08. The molecule has 3 N–H and O–H groups in total. The van der Waals surface area contributed by atoms with Gasteiger partial charge >= 0.3 is 6.03 Å². The zero-order chi connectivity index (χ0) is 11.4. The average Bonchev–Trinajstić information content (AvgIpc) is 2.46. The lowest BCUT2D eigenvalue weighted by Crippen LogP contribution is -2.24. The van der Waals surface area contributed by atoms with Gasteiger partial charge in [-0.25, -0.2) is 10.2 Å². The van der Waals surface area contributed by atoms with Crippen molar-refractivity contribution in [3.05, 3.63) is 16.3 Å². The number of urea groups is 1. The van der Waals surface area contributed by atoms with Crippen molar-refractivity contribution in [2.75, 3.05) is 19.0 Å². The summed E-state index contributed by atoms with van der Waals surface area (Å²) in [6.07, 6.45) is 1.36. The van der Waals surface area contributed by atoms with Gasteiger partial charge in [0.15, 0.2) is 5.76 Å². The van der Waals surface area contributed by atoms with Crippen LogP contribution in [-0.4, -0.2) is 26.3 Å². The summed E-state index contributed by atoms with van der Waals surface area (Å²) in [5, 5.41) is 3.57. The highest BCUT2D eigenvalue weighted by Crippen LogP contribution is 2.27. The van der Waals surface area contributed by atoms with Gasteiger partial charge in [-0.1, -0.05) is 0 Å². The zero-order valence-electron chi connectivity index (χ0n) is 8.32. The number of carbonyl (C=O) groups is 1. The highest BCUT2D eigenvalue weighted by molar-refractivity contribution is 9.10. The minimum Gasteiger partial charge on any atom is -0.438 e. The molecule has 0 spiro atoms. The third kappa shape index (κ3) is 3.28. The maximum absolute atomic E-state index is 10.3. The van der Waals surface area contributed by atoms with Crippen molar-refractivity contribution in [3.63, 3.8) is 0 Å². The molecule has 0 aliphatic rings. The maximum atomic E-state index is 10.3. The largest absolute Gasteiger partial charge is 0.438 e. The third-order valence-corrected chi connectivity index (χ3v) is 2.03. The smallest absolute Gasteiger partial charge is 0.332 e. The molecular formula is C8H11BrN4O2. The van der Waals surface area contributed by atoms with Crippen LogP contribution in [0.25, 0.3) is 0 Å². The number of nitrogens with two attached hydrogens (primary N) is 1. The van der Waals surface area contributed by atoms with E-state index in [0.717, 1.165) is 4.47 Å². The number of furan rings is 1. The number of carbonyl (C=O) groups excluding carboxylic acids is 1. The Hall–Kier alpha value is -1.50. The summed E-state index contributed by atoms with van der Waals surface area (Å²) in [7, 11) is 3.71. The lowest BCUT2D eigenvalue weighted by atomic mass is 10.5. The molecule has 0 aliphatic heterocycles. The van der Waals surface area contributed by atoms with Crippen molar-refractivity contribution >= 4 is 34.1 Å². The third-order valence-electron chi connectivity index (χ3n) is 1.46. The van der Waals surface area contributed by atoms with Crippen molar-refractivity contribution in [2.45, 2.75) is 0 Å². The van der Waals surface area contributed by atoms with Crippen LogP contribution >= 0.6 is 15.9 Å². The van der Waals surface area contributed by atoms with Gasteiger partial charge in [0, 0.05) is 20.2 Å². The van der Waals surface area contributed by atoms with Crippen LogP contribution in [-0.2, 0) is 0 Å². The van der Waals surface area contributed by atoms with Gasteiger partial charge in [-0.3, -0.25) is 0 Å². The molecule has 0 bridgehead atoms. The highest BCUT2D eigenvalue weighted by atomic mass is 79.9. The SMILES string of the molecule is CN(C)c1oc(C=NNC(N)=O)cc1Br. The van der Waals surface area contributed by atoms with E-state index >= 15 is 0 Å². The first-order valence-corrected chi connectivity index (χ1v) is 4.85. The second-order valence-electron chi connectivity index (χ2n) is 2.93. The Morgan fingerprint density at radius 1 is 1.73 bits per heavy atom. The van der Waals surface area contributed by atoms with E-state index in [1.807, 2.05) is 19.0 Å². The molecule has 0 aromatic carbocycles. The van der Waals surface area contributed by atoms with Crippen molar-refractivity contribution < 1.29 is 9.21 Å². The predicted octanol–water partition coefficient (Wildman–Crippen LogP) is 1.11. The minimum atomic E-state index is -0.718. The van der Waals surface area contributed by atoms with Crippen LogP contribution in [0.2, 0.25) is 0 Å². The Morgan fingerprint density at radius 2 is 2.40 bits per heavy atom.